The third-order valence-electron chi connectivity index (χ3n) is 2.88. The number of halogens is 3. The second-order valence-corrected chi connectivity index (χ2v) is 4.40. The number of hydrogen-bond donors (Lipinski definition) is 1. The Morgan fingerprint density at radius 3 is 2.36 bits per heavy atom. The molecule has 0 aliphatic carbocycles. The highest BCUT2D eigenvalue weighted by Crippen LogP contribution is 2.28. The molecule has 0 aliphatic heterocycles. The Labute approximate surface area is 124 Å². The number of carboxylic acid groups (broad SMARTS) is 1. The third kappa shape index (κ3) is 3.25. The van der Waals surface area contributed by atoms with Gasteiger partial charge in [-0.05, 0) is 36.8 Å². The molecule has 0 bridgehead atoms. The Morgan fingerprint density at radius 1 is 1.18 bits per heavy atom. The maximum Gasteiger partial charge on any atom is 0.354 e. The first-order valence-electron chi connectivity index (χ1n) is 6.40. The van der Waals surface area contributed by atoms with E-state index >= 15 is 0 Å². The van der Waals surface area contributed by atoms with Crippen molar-refractivity contribution in [2.45, 2.75) is 13.5 Å². The highest BCUT2D eigenvalue weighted by atomic mass is 19.1. The molecule has 1 aromatic heterocycles. The first kappa shape index (κ1) is 16.0. The quantitative estimate of drug-likeness (QED) is 0.919. The van der Waals surface area contributed by atoms with E-state index in [0.717, 1.165) is 24.3 Å². The van der Waals surface area contributed by atoms with Gasteiger partial charge in [0.2, 0.25) is 0 Å². The van der Waals surface area contributed by atoms with Crippen molar-refractivity contribution in [3.8, 4) is 11.3 Å². The van der Waals surface area contributed by atoms with Gasteiger partial charge in [0.1, 0.15) is 28.8 Å². The van der Waals surface area contributed by atoms with Crippen LogP contribution in [0.25, 0.3) is 11.3 Å². The minimum absolute atomic E-state index is 0.00962. The van der Waals surface area contributed by atoms with Crippen molar-refractivity contribution in [1.29, 1.82) is 0 Å². The van der Waals surface area contributed by atoms with Gasteiger partial charge in [-0.2, -0.15) is 0 Å². The molecule has 0 atom stereocenters. The minimum atomic E-state index is -1.42. The van der Waals surface area contributed by atoms with Crippen molar-refractivity contribution in [2.75, 3.05) is 6.61 Å². The molecule has 0 amide bonds. The number of pyridine rings is 1. The van der Waals surface area contributed by atoms with Crippen LogP contribution in [0.2, 0.25) is 0 Å². The van der Waals surface area contributed by atoms with Crippen LogP contribution in [0.3, 0.4) is 0 Å². The fourth-order valence-electron chi connectivity index (χ4n) is 1.89. The van der Waals surface area contributed by atoms with Crippen molar-refractivity contribution in [1.82, 2.24) is 4.98 Å². The molecule has 1 heterocycles. The van der Waals surface area contributed by atoms with E-state index in [2.05, 4.69) is 4.98 Å². The number of carbonyl (C=O) groups is 1. The third-order valence-corrected chi connectivity index (χ3v) is 2.88. The second kappa shape index (κ2) is 6.57. The van der Waals surface area contributed by atoms with E-state index < -0.39 is 40.4 Å². The molecule has 1 aromatic carbocycles. The van der Waals surface area contributed by atoms with E-state index in [-0.39, 0.29) is 12.2 Å². The molecule has 1 N–H and O–H groups in total. The van der Waals surface area contributed by atoms with E-state index in [1.165, 1.54) is 0 Å². The zero-order valence-corrected chi connectivity index (χ0v) is 11.6. The largest absolute Gasteiger partial charge is 0.477 e. The van der Waals surface area contributed by atoms with Crippen molar-refractivity contribution in [3.63, 3.8) is 0 Å². The van der Waals surface area contributed by atoms with Gasteiger partial charge in [-0.25, -0.2) is 22.9 Å². The van der Waals surface area contributed by atoms with Gasteiger partial charge in [-0.3, -0.25) is 0 Å². The molecule has 0 aliphatic rings. The maximum absolute atomic E-state index is 14.1. The van der Waals surface area contributed by atoms with Crippen LogP contribution in [0.5, 0.6) is 0 Å². The summed E-state index contributed by atoms with van der Waals surface area (Å²) in [6, 6.07) is 3.73. The molecule has 2 rings (SSSR count). The average Bonchev–Trinajstić information content (AvgIpc) is 2.46. The zero-order valence-electron chi connectivity index (χ0n) is 11.6. The van der Waals surface area contributed by atoms with Crippen molar-refractivity contribution in [2.24, 2.45) is 0 Å². The number of hydrogen-bond acceptors (Lipinski definition) is 3. The summed E-state index contributed by atoms with van der Waals surface area (Å²) in [7, 11) is 0. The van der Waals surface area contributed by atoms with Crippen LogP contribution in [-0.2, 0) is 11.3 Å². The summed E-state index contributed by atoms with van der Waals surface area (Å²) in [5.41, 5.74) is -1.65. The molecule has 2 aromatic rings. The molecule has 0 fully saturated rings. The fraction of sp³-hybridized carbons (Fsp3) is 0.200. The highest BCUT2D eigenvalue weighted by molar-refractivity contribution is 5.86. The second-order valence-electron chi connectivity index (χ2n) is 4.40. The molecule has 0 unspecified atom stereocenters. The van der Waals surface area contributed by atoms with Crippen molar-refractivity contribution in [3.05, 3.63) is 53.0 Å². The summed E-state index contributed by atoms with van der Waals surface area (Å²) in [4.78, 5) is 14.3. The Balaban J connectivity index is 2.53. The summed E-state index contributed by atoms with van der Waals surface area (Å²) in [6.07, 6.45) is 0. The van der Waals surface area contributed by atoms with Gasteiger partial charge in [-0.1, -0.05) is 0 Å². The van der Waals surface area contributed by atoms with Crippen LogP contribution in [0.15, 0.2) is 24.3 Å². The molecule has 116 valence electrons. The number of nitrogens with zero attached hydrogens (tertiary/aromatic N) is 1. The van der Waals surface area contributed by atoms with Crippen molar-refractivity contribution < 1.29 is 27.8 Å². The summed E-state index contributed by atoms with van der Waals surface area (Å²) < 4.78 is 47.0. The molecule has 0 saturated carbocycles. The van der Waals surface area contributed by atoms with E-state index in [1.807, 2.05) is 0 Å². The van der Waals surface area contributed by atoms with E-state index in [0.29, 0.717) is 6.61 Å². The summed E-state index contributed by atoms with van der Waals surface area (Å²) in [5, 5.41) is 8.84. The number of carboxylic acids is 1. The predicted octanol–water partition coefficient (Wildman–Crippen LogP) is 3.40. The Hall–Kier alpha value is -2.41. The number of ether oxygens (including phenoxy) is 1. The number of benzene rings is 1. The lowest BCUT2D eigenvalue weighted by atomic mass is 10.1. The topological polar surface area (TPSA) is 59.4 Å². The van der Waals surface area contributed by atoms with Crippen LogP contribution in [0, 0.1) is 17.5 Å². The predicted molar refractivity (Wildman–Crippen MR) is 71.8 cm³/mol. The Kier molecular flexibility index (Phi) is 4.77. The lowest BCUT2D eigenvalue weighted by Gasteiger charge is -2.09. The standard InChI is InChI=1S/C15H12F3NO3/c1-2-22-7-8-5-10(17)13(11(18)6-8)14-9(16)3-4-12(19-14)15(20)21/h3-6H,2,7H2,1H3,(H,20,21). The molecule has 0 saturated heterocycles. The maximum atomic E-state index is 14.1. The van der Waals surface area contributed by atoms with Crippen LogP contribution in [0.4, 0.5) is 13.2 Å². The summed E-state index contributed by atoms with van der Waals surface area (Å²) >= 11 is 0. The van der Waals surface area contributed by atoms with Gasteiger partial charge < -0.3 is 9.84 Å². The average molecular weight is 311 g/mol. The molecule has 0 spiro atoms. The molecule has 22 heavy (non-hydrogen) atoms. The lowest BCUT2D eigenvalue weighted by Crippen LogP contribution is -2.05. The summed E-state index contributed by atoms with van der Waals surface area (Å²) in [6.45, 7) is 2.12. The normalized spacial score (nSPS) is 10.7. The van der Waals surface area contributed by atoms with Gasteiger partial charge in [-0.15, -0.1) is 0 Å². The number of aromatic carboxylic acids is 1. The van der Waals surface area contributed by atoms with Gasteiger partial charge in [0.15, 0.2) is 0 Å². The molecular weight excluding hydrogens is 299 g/mol. The number of aromatic nitrogens is 1. The van der Waals surface area contributed by atoms with Crippen LogP contribution < -0.4 is 0 Å². The molecule has 0 radical (unpaired) electrons. The van der Waals surface area contributed by atoms with Gasteiger partial charge in [0.25, 0.3) is 0 Å². The summed E-state index contributed by atoms with van der Waals surface area (Å²) in [5.74, 6) is -4.51. The van der Waals surface area contributed by atoms with Crippen LogP contribution >= 0.6 is 0 Å². The van der Waals surface area contributed by atoms with E-state index in [9.17, 15) is 18.0 Å². The Morgan fingerprint density at radius 2 is 1.82 bits per heavy atom. The minimum Gasteiger partial charge on any atom is -0.477 e. The lowest BCUT2D eigenvalue weighted by molar-refractivity contribution is 0.0690. The smallest absolute Gasteiger partial charge is 0.354 e. The van der Waals surface area contributed by atoms with Crippen LogP contribution in [-0.4, -0.2) is 22.7 Å². The van der Waals surface area contributed by atoms with Gasteiger partial charge in [0.05, 0.1) is 12.2 Å². The fourth-order valence-corrected chi connectivity index (χ4v) is 1.89. The van der Waals surface area contributed by atoms with Crippen molar-refractivity contribution >= 4 is 5.97 Å². The first-order valence-corrected chi connectivity index (χ1v) is 6.40. The molecule has 7 heteroatoms. The van der Waals surface area contributed by atoms with E-state index in [1.54, 1.807) is 6.92 Å². The highest BCUT2D eigenvalue weighted by Gasteiger charge is 2.20. The monoisotopic (exact) mass is 311 g/mol. The van der Waals surface area contributed by atoms with E-state index in [4.69, 9.17) is 9.84 Å². The Bertz CT molecular complexity index is 696. The SMILES string of the molecule is CCOCc1cc(F)c(-c2nc(C(=O)O)ccc2F)c(F)c1. The molecular formula is C15H12F3NO3. The molecule has 4 nitrogen and oxygen atoms in total. The zero-order chi connectivity index (χ0) is 16.3. The van der Waals surface area contributed by atoms with Crippen LogP contribution in [0.1, 0.15) is 23.0 Å². The number of rotatable bonds is 5. The van der Waals surface area contributed by atoms with Gasteiger partial charge >= 0.3 is 5.97 Å². The van der Waals surface area contributed by atoms with Gasteiger partial charge in [0, 0.05) is 6.61 Å². The first-order chi connectivity index (χ1) is 10.4.